The van der Waals surface area contributed by atoms with Crippen LogP contribution in [-0.4, -0.2) is 18.4 Å². The predicted molar refractivity (Wildman–Crippen MR) is 208 cm³/mol. The number of benzene rings is 6. The number of amidine groups is 2. The summed E-state index contributed by atoms with van der Waals surface area (Å²) in [4.78, 5) is 15.0. The number of rotatable bonds is 5. The second-order valence-corrected chi connectivity index (χ2v) is 12.9. The third kappa shape index (κ3) is 5.15. The lowest BCUT2D eigenvalue weighted by Gasteiger charge is -2.16. The number of allylic oxidation sites excluding steroid dienone is 1. The van der Waals surface area contributed by atoms with E-state index in [-0.39, 0.29) is 0 Å². The highest BCUT2D eigenvalue weighted by Crippen LogP contribution is 2.38. The molecule has 0 amide bonds. The first-order valence-electron chi connectivity index (χ1n) is 16.9. The third-order valence-corrected chi connectivity index (χ3v) is 9.62. The van der Waals surface area contributed by atoms with Crippen LogP contribution in [0, 0.1) is 5.92 Å². The first-order valence-corrected chi connectivity index (χ1v) is 16.9. The molecule has 0 aliphatic heterocycles. The first kappa shape index (κ1) is 29.8. The molecule has 6 aromatic carbocycles. The summed E-state index contributed by atoms with van der Waals surface area (Å²) in [7, 11) is 0. The quantitative estimate of drug-likeness (QED) is 0.138. The molecule has 0 spiro atoms. The Morgan fingerprint density at radius 3 is 2.24 bits per heavy atom. The summed E-state index contributed by atoms with van der Waals surface area (Å²) < 4.78 is 12.8. The highest BCUT2D eigenvalue weighted by molar-refractivity contribution is 6.25. The summed E-state index contributed by atoms with van der Waals surface area (Å²) in [5.41, 5.74) is 10.7. The molecule has 0 radical (unpaired) electrons. The Morgan fingerprint density at radius 2 is 1.40 bits per heavy atom. The number of fused-ring (bicyclic) bond motifs is 7. The van der Waals surface area contributed by atoms with Gasteiger partial charge < -0.3 is 8.83 Å². The molecule has 240 valence electrons. The van der Waals surface area contributed by atoms with Gasteiger partial charge in [0, 0.05) is 38.2 Å². The number of nitrogens with zero attached hydrogens (tertiary/aromatic N) is 3. The van der Waals surface area contributed by atoms with E-state index in [0.29, 0.717) is 24.1 Å². The largest absolute Gasteiger partial charge is 0.456 e. The van der Waals surface area contributed by atoms with Crippen LogP contribution in [0.3, 0.4) is 0 Å². The Hall–Kier alpha value is -6.33. The van der Waals surface area contributed by atoms with Crippen molar-refractivity contribution in [1.82, 2.24) is 0 Å². The molecule has 2 aromatic heterocycles. The Morgan fingerprint density at radius 1 is 0.700 bits per heavy atom. The molecule has 0 bridgehead atoms. The molecule has 5 heteroatoms. The number of para-hydroxylation sites is 2. The minimum Gasteiger partial charge on any atom is -0.456 e. The molecule has 5 nitrogen and oxygen atoms in total. The fourth-order valence-corrected chi connectivity index (χ4v) is 7.23. The zero-order chi connectivity index (χ0) is 33.6. The van der Waals surface area contributed by atoms with Crippen molar-refractivity contribution in [1.29, 1.82) is 0 Å². The highest BCUT2D eigenvalue weighted by atomic mass is 16.3. The lowest BCUT2D eigenvalue weighted by molar-refractivity contribution is 0.669. The summed E-state index contributed by atoms with van der Waals surface area (Å²) in [6.07, 6.45) is 5.56. The molecule has 8 aromatic rings. The SMILES string of the molecule is C=N/C(=N\C(=N/Cc1ccc2c(c1)C=CC(C)C2)c1cccc2oc3ccccc3c12)c1cccc2oc3c(-c4ccccc4)cccc3c12. The molecule has 0 N–H and O–H groups in total. The van der Waals surface area contributed by atoms with Crippen molar-refractivity contribution in [3.8, 4) is 11.1 Å². The van der Waals surface area contributed by atoms with Crippen molar-refractivity contribution in [2.45, 2.75) is 19.9 Å². The van der Waals surface area contributed by atoms with Crippen molar-refractivity contribution in [2.75, 3.05) is 0 Å². The zero-order valence-electron chi connectivity index (χ0n) is 27.6. The number of hydrogen-bond acceptors (Lipinski definition) is 3. The average molecular weight is 648 g/mol. The molecular formula is C45H33N3O2. The van der Waals surface area contributed by atoms with Gasteiger partial charge in [0.05, 0.1) is 6.54 Å². The van der Waals surface area contributed by atoms with E-state index in [1.54, 1.807) is 0 Å². The second kappa shape index (κ2) is 12.3. The van der Waals surface area contributed by atoms with Gasteiger partial charge in [-0.2, -0.15) is 0 Å². The monoisotopic (exact) mass is 647 g/mol. The minimum atomic E-state index is 0.450. The number of furan rings is 2. The second-order valence-electron chi connectivity index (χ2n) is 12.9. The van der Waals surface area contributed by atoms with Crippen LogP contribution in [0.2, 0.25) is 0 Å². The molecule has 0 saturated heterocycles. The van der Waals surface area contributed by atoms with E-state index in [4.69, 9.17) is 18.8 Å². The van der Waals surface area contributed by atoms with Crippen LogP contribution < -0.4 is 0 Å². The fraction of sp³-hybridized carbons (Fsp3) is 0.0889. The van der Waals surface area contributed by atoms with Gasteiger partial charge >= 0.3 is 0 Å². The molecule has 9 rings (SSSR count). The summed E-state index contributed by atoms with van der Waals surface area (Å²) in [5, 5.41) is 3.91. The van der Waals surface area contributed by atoms with Crippen LogP contribution >= 0.6 is 0 Å². The van der Waals surface area contributed by atoms with E-state index >= 15 is 0 Å². The number of aliphatic imine (C=N–C) groups is 3. The fourth-order valence-electron chi connectivity index (χ4n) is 7.23. The van der Waals surface area contributed by atoms with E-state index in [1.165, 1.54) is 11.1 Å². The Bertz CT molecular complexity index is 2690. The summed E-state index contributed by atoms with van der Waals surface area (Å²) in [6.45, 7) is 6.70. The van der Waals surface area contributed by atoms with Crippen LogP contribution in [0.1, 0.15) is 34.7 Å². The van der Waals surface area contributed by atoms with Gasteiger partial charge in [-0.3, -0.25) is 4.99 Å². The summed E-state index contributed by atoms with van der Waals surface area (Å²) >= 11 is 0. The van der Waals surface area contributed by atoms with Gasteiger partial charge in [0.1, 0.15) is 22.3 Å². The maximum absolute atomic E-state index is 6.55. The predicted octanol–water partition coefficient (Wildman–Crippen LogP) is 11.5. The third-order valence-electron chi connectivity index (χ3n) is 9.62. The van der Waals surface area contributed by atoms with Gasteiger partial charge in [-0.1, -0.05) is 122 Å². The van der Waals surface area contributed by atoms with Gasteiger partial charge in [0.25, 0.3) is 0 Å². The molecule has 1 atom stereocenters. The Labute approximate surface area is 289 Å². The molecule has 1 aliphatic carbocycles. The van der Waals surface area contributed by atoms with Crippen molar-refractivity contribution >= 4 is 68.3 Å². The van der Waals surface area contributed by atoms with Crippen molar-refractivity contribution < 1.29 is 8.83 Å². The average Bonchev–Trinajstić information content (AvgIpc) is 3.74. The van der Waals surface area contributed by atoms with E-state index < -0.39 is 0 Å². The molecule has 0 saturated carbocycles. The van der Waals surface area contributed by atoms with E-state index in [0.717, 1.165) is 78.1 Å². The van der Waals surface area contributed by atoms with Gasteiger partial charge in [-0.15, -0.1) is 0 Å². The normalized spacial score (nSPS) is 14.9. The highest BCUT2D eigenvalue weighted by Gasteiger charge is 2.20. The minimum absolute atomic E-state index is 0.450. The van der Waals surface area contributed by atoms with Crippen LogP contribution in [0.15, 0.2) is 157 Å². The molecule has 50 heavy (non-hydrogen) atoms. The van der Waals surface area contributed by atoms with Crippen molar-refractivity contribution in [3.05, 3.63) is 161 Å². The Balaban J connectivity index is 1.23. The molecule has 1 aliphatic rings. The van der Waals surface area contributed by atoms with Gasteiger partial charge in [0.2, 0.25) is 0 Å². The summed E-state index contributed by atoms with van der Waals surface area (Å²) in [6, 6.07) is 43.4. The maximum atomic E-state index is 6.55. The molecule has 1 unspecified atom stereocenters. The first-order chi connectivity index (χ1) is 24.6. The lowest BCUT2D eigenvalue weighted by Crippen LogP contribution is -2.07. The standard InChI is InChI=1S/C45H33N3O2/c1-28-21-23-32-26-29(22-24-31(32)25-28)27-47-45(37-17-10-19-39-41(37)34-13-6-7-18-38(34)49-39)48-44(46-2)36-16-9-20-40-42(36)35-15-8-14-33(43(35)50-40)30-11-4-3-5-12-30/h3-24,26,28H,2,25,27H2,1H3/b47-45-,48-44-. The maximum Gasteiger partial charge on any atom is 0.161 e. The van der Waals surface area contributed by atoms with Crippen molar-refractivity contribution in [2.24, 2.45) is 20.9 Å². The van der Waals surface area contributed by atoms with Crippen LogP contribution in [0.5, 0.6) is 0 Å². The van der Waals surface area contributed by atoms with Crippen LogP contribution in [0.25, 0.3) is 61.1 Å². The topological polar surface area (TPSA) is 63.4 Å². The zero-order valence-corrected chi connectivity index (χ0v) is 27.6. The summed E-state index contributed by atoms with van der Waals surface area (Å²) in [5.74, 6) is 1.57. The van der Waals surface area contributed by atoms with E-state index in [1.807, 2.05) is 66.7 Å². The van der Waals surface area contributed by atoms with Gasteiger partial charge in [0.15, 0.2) is 11.7 Å². The van der Waals surface area contributed by atoms with Crippen molar-refractivity contribution in [3.63, 3.8) is 0 Å². The van der Waals surface area contributed by atoms with Crippen LogP contribution in [0.4, 0.5) is 0 Å². The number of hydrogen-bond donors (Lipinski definition) is 0. The Kier molecular flexibility index (Phi) is 7.32. The molecular weight excluding hydrogens is 615 g/mol. The van der Waals surface area contributed by atoms with Crippen LogP contribution in [-0.2, 0) is 13.0 Å². The van der Waals surface area contributed by atoms with Gasteiger partial charge in [-0.05, 0) is 65.6 Å². The van der Waals surface area contributed by atoms with E-state index in [9.17, 15) is 0 Å². The smallest absolute Gasteiger partial charge is 0.161 e. The van der Waals surface area contributed by atoms with E-state index in [2.05, 4.69) is 91.4 Å². The lowest BCUT2D eigenvalue weighted by atomic mass is 9.90. The molecule has 0 fully saturated rings. The molecule has 2 heterocycles. The van der Waals surface area contributed by atoms with Gasteiger partial charge in [-0.25, -0.2) is 9.98 Å².